The normalized spacial score (nSPS) is 11.0. The molecule has 4 heteroatoms. The van der Waals surface area contributed by atoms with Crippen LogP contribution in [0.5, 0.6) is 0 Å². The quantitative estimate of drug-likeness (QED) is 0.131. The van der Waals surface area contributed by atoms with Crippen molar-refractivity contribution in [3.05, 3.63) is 0 Å². The smallest absolute Gasteiger partial charge is 0.219 e. The van der Waals surface area contributed by atoms with E-state index in [1.165, 1.54) is 116 Å². The zero-order chi connectivity index (χ0) is 23.5. The molecule has 2 amide bonds. The molecule has 0 aromatic carbocycles. The number of carbonyl (C=O) groups excluding carboxylic acids is 2. The van der Waals surface area contributed by atoms with Gasteiger partial charge in [-0.25, -0.2) is 0 Å². The summed E-state index contributed by atoms with van der Waals surface area (Å²) in [5.41, 5.74) is 5.14. The summed E-state index contributed by atoms with van der Waals surface area (Å²) in [6, 6.07) is 0. The number of unbranched alkanes of at least 4 members (excludes halogenated alkanes) is 20. The molecule has 0 aromatic heterocycles. The van der Waals surface area contributed by atoms with Gasteiger partial charge in [-0.15, -0.1) is 0 Å². The van der Waals surface area contributed by atoms with Gasteiger partial charge in [-0.05, 0) is 19.3 Å². The molecule has 190 valence electrons. The predicted molar refractivity (Wildman–Crippen MR) is 139 cm³/mol. The molecule has 0 aliphatic rings. The Bertz CT molecular complexity index is 412. The van der Waals surface area contributed by atoms with Crippen molar-refractivity contribution < 1.29 is 9.59 Å². The maximum absolute atomic E-state index is 11.9. The van der Waals surface area contributed by atoms with E-state index in [0.29, 0.717) is 12.8 Å². The van der Waals surface area contributed by atoms with Crippen LogP contribution in [0, 0.1) is 0 Å². The molecule has 4 nitrogen and oxygen atoms in total. The van der Waals surface area contributed by atoms with Crippen LogP contribution >= 0.6 is 0 Å². The SMILES string of the molecule is CCCCCCCCCCCC(=O)NCCCCCCCCCCCCCCCC(N)=O. The molecule has 0 saturated carbocycles. The zero-order valence-electron chi connectivity index (χ0n) is 21.6. The summed E-state index contributed by atoms with van der Waals surface area (Å²) < 4.78 is 0. The van der Waals surface area contributed by atoms with Gasteiger partial charge < -0.3 is 11.1 Å². The molecule has 0 heterocycles. The van der Waals surface area contributed by atoms with Crippen molar-refractivity contribution in [2.75, 3.05) is 6.54 Å². The van der Waals surface area contributed by atoms with Crippen LogP contribution in [0.15, 0.2) is 0 Å². The van der Waals surface area contributed by atoms with Gasteiger partial charge >= 0.3 is 0 Å². The molecule has 0 radical (unpaired) electrons. The molecule has 0 aromatic rings. The number of carbonyl (C=O) groups is 2. The molecule has 32 heavy (non-hydrogen) atoms. The third kappa shape index (κ3) is 27.0. The van der Waals surface area contributed by atoms with E-state index in [-0.39, 0.29) is 11.8 Å². The average Bonchev–Trinajstić information content (AvgIpc) is 2.77. The lowest BCUT2D eigenvalue weighted by atomic mass is 10.0. The van der Waals surface area contributed by atoms with E-state index < -0.39 is 0 Å². The van der Waals surface area contributed by atoms with Crippen molar-refractivity contribution in [3.8, 4) is 0 Å². The number of primary amides is 1. The summed E-state index contributed by atoms with van der Waals surface area (Å²) in [6.45, 7) is 3.12. The number of nitrogens with two attached hydrogens (primary N) is 1. The highest BCUT2D eigenvalue weighted by Crippen LogP contribution is 2.13. The highest BCUT2D eigenvalue weighted by molar-refractivity contribution is 5.75. The lowest BCUT2D eigenvalue weighted by molar-refractivity contribution is -0.121. The van der Waals surface area contributed by atoms with Crippen molar-refractivity contribution in [2.45, 2.75) is 161 Å². The van der Waals surface area contributed by atoms with Crippen molar-refractivity contribution in [1.82, 2.24) is 5.32 Å². The van der Waals surface area contributed by atoms with Crippen LogP contribution in [0.2, 0.25) is 0 Å². The third-order valence-corrected chi connectivity index (χ3v) is 6.43. The van der Waals surface area contributed by atoms with Crippen molar-refractivity contribution >= 4 is 11.8 Å². The minimum atomic E-state index is -0.168. The fourth-order valence-corrected chi connectivity index (χ4v) is 4.28. The molecular formula is C28H56N2O2. The lowest BCUT2D eigenvalue weighted by Crippen LogP contribution is -2.23. The van der Waals surface area contributed by atoms with E-state index >= 15 is 0 Å². The van der Waals surface area contributed by atoms with E-state index in [1.54, 1.807) is 0 Å². The molecule has 0 aliphatic heterocycles. The van der Waals surface area contributed by atoms with Gasteiger partial charge in [-0.3, -0.25) is 9.59 Å². The van der Waals surface area contributed by atoms with Crippen LogP contribution in [0.4, 0.5) is 0 Å². The fourth-order valence-electron chi connectivity index (χ4n) is 4.28. The summed E-state index contributed by atoms with van der Waals surface area (Å²) >= 11 is 0. The van der Waals surface area contributed by atoms with Gasteiger partial charge in [-0.1, -0.05) is 129 Å². The van der Waals surface area contributed by atoms with Crippen LogP contribution in [-0.2, 0) is 9.59 Å². The van der Waals surface area contributed by atoms with Gasteiger partial charge in [0.05, 0.1) is 0 Å². The van der Waals surface area contributed by atoms with Gasteiger partial charge in [0.1, 0.15) is 0 Å². The molecular weight excluding hydrogens is 396 g/mol. The predicted octanol–water partition coefficient (Wildman–Crippen LogP) is 7.97. The monoisotopic (exact) mass is 452 g/mol. The Hall–Kier alpha value is -1.06. The highest BCUT2D eigenvalue weighted by atomic mass is 16.1. The lowest BCUT2D eigenvalue weighted by Gasteiger charge is -2.06. The first-order valence-electron chi connectivity index (χ1n) is 14.2. The standard InChI is InChI=1S/C28H56N2O2/c1-2-3-4-5-6-12-16-19-22-25-28(32)30-26-23-20-17-14-11-9-7-8-10-13-15-18-21-24-27(29)31/h2-26H2,1H3,(H2,29,31)(H,30,32). The van der Waals surface area contributed by atoms with Crippen LogP contribution in [-0.4, -0.2) is 18.4 Å². The molecule has 0 bridgehead atoms. The molecule has 0 spiro atoms. The molecule has 0 atom stereocenters. The molecule has 0 unspecified atom stereocenters. The summed E-state index contributed by atoms with van der Waals surface area (Å²) in [7, 11) is 0. The van der Waals surface area contributed by atoms with Gasteiger partial charge in [0.2, 0.25) is 11.8 Å². The number of hydrogen-bond acceptors (Lipinski definition) is 2. The van der Waals surface area contributed by atoms with Crippen LogP contribution in [0.25, 0.3) is 0 Å². The first-order valence-corrected chi connectivity index (χ1v) is 14.2. The first-order chi connectivity index (χ1) is 15.7. The van der Waals surface area contributed by atoms with Gasteiger partial charge in [0.25, 0.3) is 0 Å². The number of amides is 2. The first kappa shape index (κ1) is 30.9. The van der Waals surface area contributed by atoms with E-state index in [9.17, 15) is 9.59 Å². The zero-order valence-corrected chi connectivity index (χ0v) is 21.6. The van der Waals surface area contributed by atoms with E-state index in [1.807, 2.05) is 0 Å². The van der Waals surface area contributed by atoms with E-state index in [2.05, 4.69) is 12.2 Å². The number of hydrogen-bond donors (Lipinski definition) is 2. The summed E-state index contributed by atoms with van der Waals surface area (Å²) in [5.74, 6) is 0.0833. The van der Waals surface area contributed by atoms with Crippen molar-refractivity contribution in [3.63, 3.8) is 0 Å². The minimum Gasteiger partial charge on any atom is -0.370 e. The summed E-state index contributed by atoms with van der Waals surface area (Å²) in [4.78, 5) is 22.5. The second-order valence-electron chi connectivity index (χ2n) is 9.74. The largest absolute Gasteiger partial charge is 0.370 e. The van der Waals surface area contributed by atoms with Gasteiger partial charge in [0.15, 0.2) is 0 Å². The van der Waals surface area contributed by atoms with Gasteiger partial charge in [-0.2, -0.15) is 0 Å². The second-order valence-corrected chi connectivity index (χ2v) is 9.74. The van der Waals surface area contributed by atoms with Crippen molar-refractivity contribution in [1.29, 1.82) is 0 Å². The number of rotatable bonds is 26. The number of nitrogens with one attached hydrogen (secondary N) is 1. The molecule has 0 aliphatic carbocycles. The molecule has 0 saturated heterocycles. The van der Waals surface area contributed by atoms with Crippen molar-refractivity contribution in [2.24, 2.45) is 5.73 Å². The Labute approximate surface area is 200 Å². The maximum atomic E-state index is 11.9. The second kappa shape index (κ2) is 26.2. The maximum Gasteiger partial charge on any atom is 0.219 e. The Morgan fingerprint density at radius 1 is 0.500 bits per heavy atom. The highest BCUT2D eigenvalue weighted by Gasteiger charge is 2.01. The Morgan fingerprint density at radius 3 is 1.25 bits per heavy atom. The van der Waals surface area contributed by atoms with Crippen LogP contribution in [0.3, 0.4) is 0 Å². The summed E-state index contributed by atoms with van der Waals surface area (Å²) in [5, 5.41) is 3.09. The molecule has 3 N–H and O–H groups in total. The minimum absolute atomic E-state index is 0.168. The Balaban J connectivity index is 3.14. The Morgan fingerprint density at radius 2 is 0.844 bits per heavy atom. The summed E-state index contributed by atoms with van der Waals surface area (Å²) in [6.07, 6.45) is 29.4. The topological polar surface area (TPSA) is 72.2 Å². The fraction of sp³-hybridized carbons (Fsp3) is 0.929. The van der Waals surface area contributed by atoms with Crippen LogP contribution in [0.1, 0.15) is 161 Å². The van der Waals surface area contributed by atoms with E-state index in [4.69, 9.17) is 5.73 Å². The van der Waals surface area contributed by atoms with E-state index in [0.717, 1.165) is 32.2 Å². The average molecular weight is 453 g/mol. The van der Waals surface area contributed by atoms with Crippen LogP contribution < -0.4 is 11.1 Å². The molecule has 0 fully saturated rings. The van der Waals surface area contributed by atoms with Gasteiger partial charge in [0, 0.05) is 19.4 Å². The third-order valence-electron chi connectivity index (χ3n) is 6.43. The molecule has 0 rings (SSSR count). The Kier molecular flexibility index (Phi) is 25.3.